The molecule has 0 aliphatic rings. The fraction of sp³-hybridized carbons (Fsp3) is 0.273. The smallest absolute Gasteiger partial charge is 0.119 e. The van der Waals surface area contributed by atoms with Crippen LogP contribution in [0.25, 0.3) is 0 Å². The number of hydrogen-bond acceptors (Lipinski definition) is 2. The minimum atomic E-state index is 0.878. The van der Waals surface area contributed by atoms with Crippen LogP contribution in [0.15, 0.2) is 36.0 Å². The number of hydrogen-bond donors (Lipinski definition) is 1. The number of nitrogens with one attached hydrogen (secondary N) is 1. The highest BCUT2D eigenvalue weighted by molar-refractivity contribution is 5.48. The van der Waals surface area contributed by atoms with Gasteiger partial charge in [-0.15, -0.1) is 0 Å². The zero-order valence-electron chi connectivity index (χ0n) is 8.29. The molecular weight excluding hydrogens is 162 g/mol. The topological polar surface area (TPSA) is 21.3 Å². The van der Waals surface area contributed by atoms with E-state index in [-0.39, 0.29) is 0 Å². The SMILES string of the molecule is COc1ccc(NC=C(C)C)cc1. The van der Waals surface area contributed by atoms with Gasteiger partial charge in [0.2, 0.25) is 0 Å². The Morgan fingerprint density at radius 3 is 2.31 bits per heavy atom. The molecule has 0 aliphatic carbocycles. The van der Waals surface area contributed by atoms with Crippen LogP contribution in [0.1, 0.15) is 13.8 Å². The van der Waals surface area contributed by atoms with Gasteiger partial charge in [0.15, 0.2) is 0 Å². The minimum absolute atomic E-state index is 0.878. The molecule has 0 spiro atoms. The Hall–Kier alpha value is -1.44. The molecule has 1 aromatic rings. The Labute approximate surface area is 79.2 Å². The van der Waals surface area contributed by atoms with Crippen molar-refractivity contribution in [3.05, 3.63) is 36.0 Å². The zero-order valence-corrected chi connectivity index (χ0v) is 8.29. The number of allylic oxidation sites excluding steroid dienone is 1. The van der Waals surface area contributed by atoms with Crippen molar-refractivity contribution in [1.29, 1.82) is 0 Å². The predicted octanol–water partition coefficient (Wildman–Crippen LogP) is 3.03. The molecule has 13 heavy (non-hydrogen) atoms. The largest absolute Gasteiger partial charge is 0.497 e. The van der Waals surface area contributed by atoms with E-state index in [1.165, 1.54) is 5.57 Å². The summed E-state index contributed by atoms with van der Waals surface area (Å²) in [6.45, 7) is 4.10. The molecule has 0 unspecified atom stereocenters. The third-order valence-corrected chi connectivity index (χ3v) is 1.62. The third kappa shape index (κ3) is 3.20. The van der Waals surface area contributed by atoms with Crippen LogP contribution in [0.3, 0.4) is 0 Å². The van der Waals surface area contributed by atoms with Crippen LogP contribution >= 0.6 is 0 Å². The van der Waals surface area contributed by atoms with E-state index < -0.39 is 0 Å². The number of methoxy groups -OCH3 is 1. The first-order valence-electron chi connectivity index (χ1n) is 4.26. The maximum absolute atomic E-state index is 5.05. The molecule has 0 saturated carbocycles. The second-order valence-electron chi connectivity index (χ2n) is 3.09. The average Bonchev–Trinajstić information content (AvgIpc) is 2.15. The fourth-order valence-electron chi connectivity index (χ4n) is 0.915. The Balaban J connectivity index is 2.64. The van der Waals surface area contributed by atoms with Gasteiger partial charge in [-0.05, 0) is 44.3 Å². The van der Waals surface area contributed by atoms with E-state index in [0.717, 1.165) is 11.4 Å². The van der Waals surface area contributed by atoms with E-state index in [4.69, 9.17) is 4.74 Å². The maximum atomic E-state index is 5.05. The maximum Gasteiger partial charge on any atom is 0.119 e. The van der Waals surface area contributed by atoms with Crippen LogP contribution in [0.5, 0.6) is 5.75 Å². The molecule has 0 aliphatic heterocycles. The highest BCUT2D eigenvalue weighted by Gasteiger charge is 1.90. The van der Waals surface area contributed by atoms with Crippen LogP contribution in [-0.2, 0) is 0 Å². The zero-order chi connectivity index (χ0) is 9.68. The molecule has 2 heteroatoms. The van der Waals surface area contributed by atoms with Gasteiger partial charge in [0.25, 0.3) is 0 Å². The van der Waals surface area contributed by atoms with Crippen LogP contribution in [0, 0.1) is 0 Å². The first kappa shape index (κ1) is 9.65. The summed E-state index contributed by atoms with van der Waals surface area (Å²) < 4.78 is 5.05. The average molecular weight is 177 g/mol. The molecule has 1 rings (SSSR count). The second-order valence-corrected chi connectivity index (χ2v) is 3.09. The fourth-order valence-corrected chi connectivity index (χ4v) is 0.915. The molecule has 0 saturated heterocycles. The van der Waals surface area contributed by atoms with Gasteiger partial charge in [0, 0.05) is 5.69 Å². The lowest BCUT2D eigenvalue weighted by Gasteiger charge is -2.03. The minimum Gasteiger partial charge on any atom is -0.497 e. The lowest BCUT2D eigenvalue weighted by atomic mass is 10.3. The van der Waals surface area contributed by atoms with E-state index in [1.54, 1.807) is 7.11 Å². The van der Waals surface area contributed by atoms with E-state index in [1.807, 2.05) is 30.5 Å². The van der Waals surface area contributed by atoms with Crippen molar-refractivity contribution in [2.75, 3.05) is 12.4 Å². The van der Waals surface area contributed by atoms with Crippen molar-refractivity contribution >= 4 is 5.69 Å². The van der Waals surface area contributed by atoms with Gasteiger partial charge >= 0.3 is 0 Å². The third-order valence-electron chi connectivity index (χ3n) is 1.62. The van der Waals surface area contributed by atoms with Crippen molar-refractivity contribution in [3.8, 4) is 5.75 Å². The number of benzene rings is 1. The standard InChI is InChI=1S/C11H15NO/c1-9(2)8-12-10-4-6-11(13-3)7-5-10/h4-8,12H,1-3H3. The van der Waals surface area contributed by atoms with Crippen molar-refractivity contribution < 1.29 is 4.74 Å². The van der Waals surface area contributed by atoms with Gasteiger partial charge in [0.05, 0.1) is 7.11 Å². The molecule has 0 bridgehead atoms. The summed E-state index contributed by atoms with van der Waals surface area (Å²) in [4.78, 5) is 0. The van der Waals surface area contributed by atoms with E-state index >= 15 is 0 Å². The van der Waals surface area contributed by atoms with Crippen LogP contribution < -0.4 is 10.1 Å². The summed E-state index contributed by atoms with van der Waals surface area (Å²) >= 11 is 0. The lowest BCUT2D eigenvalue weighted by molar-refractivity contribution is 0.415. The highest BCUT2D eigenvalue weighted by Crippen LogP contribution is 2.14. The molecule has 0 atom stereocenters. The Morgan fingerprint density at radius 2 is 1.85 bits per heavy atom. The molecule has 70 valence electrons. The highest BCUT2D eigenvalue weighted by atomic mass is 16.5. The van der Waals surface area contributed by atoms with Crippen molar-refractivity contribution in [2.45, 2.75) is 13.8 Å². The number of anilines is 1. The summed E-state index contributed by atoms with van der Waals surface area (Å²) in [6.07, 6.45) is 1.97. The first-order chi connectivity index (χ1) is 6.22. The normalized spacial score (nSPS) is 9.15. The Bertz CT molecular complexity index is 283. The molecule has 0 radical (unpaired) electrons. The monoisotopic (exact) mass is 177 g/mol. The van der Waals surface area contributed by atoms with Gasteiger partial charge in [-0.2, -0.15) is 0 Å². The molecular formula is C11H15NO. The quantitative estimate of drug-likeness (QED) is 0.766. The van der Waals surface area contributed by atoms with Gasteiger partial charge in [-0.25, -0.2) is 0 Å². The van der Waals surface area contributed by atoms with E-state index in [9.17, 15) is 0 Å². The first-order valence-corrected chi connectivity index (χ1v) is 4.26. The van der Waals surface area contributed by atoms with Crippen LogP contribution in [-0.4, -0.2) is 7.11 Å². The molecule has 2 nitrogen and oxygen atoms in total. The molecule has 0 fully saturated rings. The van der Waals surface area contributed by atoms with Crippen molar-refractivity contribution in [3.63, 3.8) is 0 Å². The molecule has 0 amide bonds. The van der Waals surface area contributed by atoms with Gasteiger partial charge in [-0.1, -0.05) is 5.57 Å². The summed E-state index contributed by atoms with van der Waals surface area (Å²) in [5.41, 5.74) is 2.32. The van der Waals surface area contributed by atoms with E-state index in [2.05, 4.69) is 19.2 Å². The summed E-state index contributed by atoms with van der Waals surface area (Å²) in [5, 5.41) is 3.18. The summed E-state index contributed by atoms with van der Waals surface area (Å²) in [5.74, 6) is 0.878. The van der Waals surface area contributed by atoms with E-state index in [0.29, 0.717) is 0 Å². The molecule has 0 aromatic heterocycles. The molecule has 1 N–H and O–H groups in total. The Morgan fingerprint density at radius 1 is 1.23 bits per heavy atom. The Kier molecular flexibility index (Phi) is 3.38. The van der Waals surface area contributed by atoms with Crippen molar-refractivity contribution in [2.24, 2.45) is 0 Å². The molecule has 0 heterocycles. The molecule has 1 aromatic carbocycles. The lowest BCUT2D eigenvalue weighted by Crippen LogP contribution is -1.88. The van der Waals surface area contributed by atoms with Crippen molar-refractivity contribution in [1.82, 2.24) is 0 Å². The number of ether oxygens (including phenoxy) is 1. The van der Waals surface area contributed by atoms with Crippen LogP contribution in [0.4, 0.5) is 5.69 Å². The number of rotatable bonds is 3. The predicted molar refractivity (Wildman–Crippen MR) is 56.0 cm³/mol. The van der Waals surface area contributed by atoms with Crippen LogP contribution in [0.2, 0.25) is 0 Å². The second kappa shape index (κ2) is 4.55. The van der Waals surface area contributed by atoms with Gasteiger partial charge < -0.3 is 10.1 Å². The van der Waals surface area contributed by atoms with Gasteiger partial charge in [0.1, 0.15) is 5.75 Å². The summed E-state index contributed by atoms with van der Waals surface area (Å²) in [6, 6.07) is 7.83. The van der Waals surface area contributed by atoms with Gasteiger partial charge in [-0.3, -0.25) is 0 Å². The summed E-state index contributed by atoms with van der Waals surface area (Å²) in [7, 11) is 1.67.